The molecule has 1 unspecified atom stereocenters. The summed E-state index contributed by atoms with van der Waals surface area (Å²) < 4.78 is 5.89. The molecule has 1 atom stereocenters. The number of hydrogen-bond acceptors (Lipinski definition) is 2. The summed E-state index contributed by atoms with van der Waals surface area (Å²) in [7, 11) is 0. The molecule has 0 saturated carbocycles. The summed E-state index contributed by atoms with van der Waals surface area (Å²) in [4.78, 5) is 12.9. The van der Waals surface area contributed by atoms with Crippen molar-refractivity contribution in [1.29, 1.82) is 0 Å². The lowest BCUT2D eigenvalue weighted by Crippen LogP contribution is -2.11. The van der Waals surface area contributed by atoms with Gasteiger partial charge in [0.15, 0.2) is 0 Å². The lowest BCUT2D eigenvalue weighted by Gasteiger charge is -2.21. The minimum Gasteiger partial charge on any atom is -0.426 e. The zero-order chi connectivity index (χ0) is 22.7. The fourth-order valence-electron chi connectivity index (χ4n) is 4.79. The number of ether oxygens (including phenoxy) is 1. The summed E-state index contributed by atoms with van der Waals surface area (Å²) in [5, 5.41) is 0. The van der Waals surface area contributed by atoms with E-state index in [1.165, 1.54) is 33.4 Å². The van der Waals surface area contributed by atoms with E-state index in [2.05, 4.69) is 82.3 Å². The first-order valence-corrected chi connectivity index (χ1v) is 12.1. The van der Waals surface area contributed by atoms with Crippen LogP contribution in [0, 0.1) is 13.8 Å². The number of unbranched alkanes of at least 4 members (excludes halogenated alkanes) is 2. The van der Waals surface area contributed by atoms with E-state index in [1.54, 1.807) is 0 Å². The number of hydrogen-bond donors (Lipinski definition) is 0. The van der Waals surface area contributed by atoms with Gasteiger partial charge >= 0.3 is 5.97 Å². The van der Waals surface area contributed by atoms with Gasteiger partial charge in [-0.2, -0.15) is 0 Å². The summed E-state index contributed by atoms with van der Waals surface area (Å²) in [5.74, 6) is 0.545. The standard InChI is InChI=1S/C30H34O2/c1-5-7-9-24-28(23-17-13-21(4)14-18-23)26(22-15-11-20(3)12-16-22)19-27-29(24)25(10-8-6-2)30(31)32-27/h11-19,25H,5-10H2,1-4H3. The van der Waals surface area contributed by atoms with Gasteiger partial charge in [-0.15, -0.1) is 0 Å². The molecule has 166 valence electrons. The fraction of sp³-hybridized carbons (Fsp3) is 0.367. The molecular weight excluding hydrogens is 392 g/mol. The molecule has 2 heteroatoms. The summed E-state index contributed by atoms with van der Waals surface area (Å²) >= 11 is 0. The predicted molar refractivity (Wildman–Crippen MR) is 133 cm³/mol. The zero-order valence-corrected chi connectivity index (χ0v) is 19.8. The van der Waals surface area contributed by atoms with Gasteiger partial charge in [0.2, 0.25) is 0 Å². The van der Waals surface area contributed by atoms with Crippen LogP contribution in [0.25, 0.3) is 22.3 Å². The molecule has 4 rings (SSSR count). The smallest absolute Gasteiger partial charge is 0.318 e. The second-order valence-corrected chi connectivity index (χ2v) is 9.14. The average Bonchev–Trinajstić information content (AvgIpc) is 3.11. The Kier molecular flexibility index (Phi) is 6.79. The van der Waals surface area contributed by atoms with Crippen LogP contribution in [0.3, 0.4) is 0 Å². The van der Waals surface area contributed by atoms with Gasteiger partial charge in [0.05, 0.1) is 5.92 Å². The predicted octanol–water partition coefficient (Wildman–Crippen LogP) is 8.17. The normalized spacial score (nSPS) is 15.0. The van der Waals surface area contributed by atoms with Crippen LogP contribution in [0.15, 0.2) is 54.6 Å². The highest BCUT2D eigenvalue weighted by atomic mass is 16.5. The highest BCUT2D eigenvalue weighted by Gasteiger charge is 2.37. The molecule has 0 N–H and O–H groups in total. The number of rotatable bonds is 8. The van der Waals surface area contributed by atoms with Crippen molar-refractivity contribution < 1.29 is 9.53 Å². The van der Waals surface area contributed by atoms with Crippen LogP contribution >= 0.6 is 0 Å². The van der Waals surface area contributed by atoms with E-state index >= 15 is 0 Å². The number of esters is 1. The van der Waals surface area contributed by atoms with Crippen molar-refractivity contribution in [2.24, 2.45) is 0 Å². The lowest BCUT2D eigenvalue weighted by atomic mass is 9.81. The maximum Gasteiger partial charge on any atom is 0.318 e. The van der Waals surface area contributed by atoms with E-state index in [9.17, 15) is 4.79 Å². The second kappa shape index (κ2) is 9.73. The van der Waals surface area contributed by atoms with Gasteiger partial charge in [0, 0.05) is 5.56 Å². The van der Waals surface area contributed by atoms with Gasteiger partial charge in [-0.1, -0.05) is 92.8 Å². The topological polar surface area (TPSA) is 26.3 Å². The molecule has 3 aromatic rings. The van der Waals surface area contributed by atoms with E-state index in [0.717, 1.165) is 55.4 Å². The molecule has 1 aliphatic rings. The van der Waals surface area contributed by atoms with Crippen LogP contribution < -0.4 is 4.74 Å². The van der Waals surface area contributed by atoms with E-state index < -0.39 is 0 Å². The van der Waals surface area contributed by atoms with Crippen LogP contribution in [0.2, 0.25) is 0 Å². The van der Waals surface area contributed by atoms with E-state index in [1.807, 2.05) is 0 Å². The molecule has 0 bridgehead atoms. The van der Waals surface area contributed by atoms with Crippen molar-refractivity contribution in [2.45, 2.75) is 72.1 Å². The molecule has 0 radical (unpaired) electrons. The fourth-order valence-corrected chi connectivity index (χ4v) is 4.79. The summed E-state index contributed by atoms with van der Waals surface area (Å²) in [6, 6.07) is 19.6. The van der Waals surface area contributed by atoms with Crippen LogP contribution in [0.1, 0.15) is 74.1 Å². The first-order chi connectivity index (χ1) is 15.5. The number of carbonyl (C=O) groups excluding carboxylic acids is 1. The van der Waals surface area contributed by atoms with Crippen LogP contribution in [-0.2, 0) is 11.2 Å². The maximum absolute atomic E-state index is 12.9. The molecule has 0 aromatic heterocycles. The number of benzene rings is 3. The third-order valence-corrected chi connectivity index (χ3v) is 6.61. The quantitative estimate of drug-likeness (QED) is 0.268. The minimum absolute atomic E-state index is 0.0814. The third kappa shape index (κ3) is 4.37. The van der Waals surface area contributed by atoms with Gasteiger partial charge in [-0.25, -0.2) is 0 Å². The Morgan fingerprint density at radius 2 is 1.41 bits per heavy atom. The first-order valence-electron chi connectivity index (χ1n) is 12.1. The maximum atomic E-state index is 12.9. The summed E-state index contributed by atoms with van der Waals surface area (Å²) in [5.41, 5.74) is 9.74. The Hall–Kier alpha value is -2.87. The summed E-state index contributed by atoms with van der Waals surface area (Å²) in [6.07, 6.45) is 6.14. The van der Waals surface area contributed by atoms with Gasteiger partial charge in [0.1, 0.15) is 5.75 Å². The van der Waals surface area contributed by atoms with E-state index in [0.29, 0.717) is 0 Å². The molecule has 0 aliphatic carbocycles. The molecule has 0 amide bonds. The Morgan fingerprint density at radius 1 is 0.812 bits per heavy atom. The van der Waals surface area contributed by atoms with Crippen molar-refractivity contribution in [3.63, 3.8) is 0 Å². The van der Waals surface area contributed by atoms with E-state index in [-0.39, 0.29) is 11.9 Å². The molecule has 0 spiro atoms. The Labute approximate surface area is 192 Å². The van der Waals surface area contributed by atoms with Crippen LogP contribution in [-0.4, -0.2) is 5.97 Å². The number of fused-ring (bicyclic) bond motifs is 1. The van der Waals surface area contributed by atoms with Gasteiger partial charge in [-0.05, 0) is 67.0 Å². The summed E-state index contributed by atoms with van der Waals surface area (Å²) in [6.45, 7) is 8.64. The van der Waals surface area contributed by atoms with Gasteiger partial charge < -0.3 is 4.74 Å². The monoisotopic (exact) mass is 426 g/mol. The molecule has 0 fully saturated rings. The molecule has 1 heterocycles. The SMILES string of the molecule is CCCCc1c(-c2ccc(C)cc2)c(-c2ccc(C)cc2)cc2c1C(CCCC)C(=O)O2. The molecule has 2 nitrogen and oxygen atoms in total. The molecule has 32 heavy (non-hydrogen) atoms. The second-order valence-electron chi connectivity index (χ2n) is 9.14. The Bertz CT molecular complexity index is 1090. The van der Waals surface area contributed by atoms with Crippen molar-refractivity contribution in [2.75, 3.05) is 0 Å². The highest BCUT2D eigenvalue weighted by Crippen LogP contribution is 2.48. The van der Waals surface area contributed by atoms with Crippen molar-refractivity contribution in [1.82, 2.24) is 0 Å². The minimum atomic E-state index is -0.145. The van der Waals surface area contributed by atoms with Crippen molar-refractivity contribution >= 4 is 5.97 Å². The molecule has 3 aromatic carbocycles. The Balaban J connectivity index is 2.00. The molecule has 0 saturated heterocycles. The highest BCUT2D eigenvalue weighted by molar-refractivity contribution is 5.94. The van der Waals surface area contributed by atoms with Crippen LogP contribution in [0.4, 0.5) is 0 Å². The zero-order valence-electron chi connectivity index (χ0n) is 19.8. The van der Waals surface area contributed by atoms with E-state index in [4.69, 9.17) is 4.74 Å². The van der Waals surface area contributed by atoms with Gasteiger partial charge in [-0.3, -0.25) is 4.79 Å². The van der Waals surface area contributed by atoms with Crippen molar-refractivity contribution in [3.8, 4) is 28.0 Å². The Morgan fingerprint density at radius 3 is 2.00 bits per heavy atom. The average molecular weight is 427 g/mol. The number of aryl methyl sites for hydroxylation is 2. The number of carbonyl (C=O) groups is 1. The van der Waals surface area contributed by atoms with Gasteiger partial charge in [0.25, 0.3) is 0 Å². The van der Waals surface area contributed by atoms with Crippen LogP contribution in [0.5, 0.6) is 5.75 Å². The largest absolute Gasteiger partial charge is 0.426 e. The molecular formula is C30H34O2. The first kappa shape index (κ1) is 22.3. The molecule has 1 aliphatic heterocycles. The van der Waals surface area contributed by atoms with Crippen molar-refractivity contribution in [3.05, 3.63) is 76.9 Å². The lowest BCUT2D eigenvalue weighted by molar-refractivity contribution is -0.134. The third-order valence-electron chi connectivity index (χ3n) is 6.61.